The largest absolute Gasteiger partial charge is 0.494 e. The fourth-order valence-corrected chi connectivity index (χ4v) is 3.97. The van der Waals surface area contributed by atoms with Crippen LogP contribution < -0.4 is 21.1 Å². The summed E-state index contributed by atoms with van der Waals surface area (Å²) in [6, 6.07) is 10.3. The van der Waals surface area contributed by atoms with Gasteiger partial charge in [0.15, 0.2) is 23.0 Å². The number of nitrogens with two attached hydrogens (primary N) is 1. The van der Waals surface area contributed by atoms with Crippen LogP contribution in [0.5, 0.6) is 5.75 Å². The number of carbonyl (C=O) groups is 1. The maximum Gasteiger partial charge on any atom is 0.251 e. The molecule has 2 heterocycles. The minimum absolute atomic E-state index is 0.120. The molecular weight excluding hydrogens is 461 g/mol. The molecule has 0 bridgehead atoms. The molecule has 0 aliphatic rings. The maximum absolute atomic E-state index is 14.3. The first-order valence-electron chi connectivity index (χ1n) is 11.6. The summed E-state index contributed by atoms with van der Waals surface area (Å²) >= 11 is 0. The van der Waals surface area contributed by atoms with E-state index < -0.39 is 5.82 Å². The number of aryl methyl sites for hydroxylation is 1. The minimum Gasteiger partial charge on any atom is -0.494 e. The van der Waals surface area contributed by atoms with Gasteiger partial charge in [0.05, 0.1) is 19.0 Å². The fraction of sp³-hybridized carbons (Fsp3) is 0.269. The number of methoxy groups -OCH3 is 1. The van der Waals surface area contributed by atoms with Gasteiger partial charge in [-0.15, -0.1) is 0 Å². The van der Waals surface area contributed by atoms with Crippen molar-refractivity contribution in [2.45, 2.75) is 6.92 Å². The number of rotatable bonds is 10. The van der Waals surface area contributed by atoms with Crippen LogP contribution in [0.2, 0.25) is 0 Å². The van der Waals surface area contributed by atoms with Crippen LogP contribution in [0.25, 0.3) is 16.9 Å². The predicted molar refractivity (Wildman–Crippen MR) is 138 cm³/mol. The smallest absolute Gasteiger partial charge is 0.251 e. The first-order chi connectivity index (χ1) is 17.4. The number of nitrogens with one attached hydrogen (secondary N) is 2. The van der Waals surface area contributed by atoms with Crippen LogP contribution >= 0.6 is 0 Å². The van der Waals surface area contributed by atoms with E-state index in [1.807, 2.05) is 30.5 Å². The number of nitrogens with zero attached hydrogens (tertiary/aromatic N) is 4. The highest BCUT2D eigenvalue weighted by atomic mass is 19.1. The molecule has 10 heteroatoms. The molecule has 0 aliphatic heterocycles. The third kappa shape index (κ3) is 5.45. The number of amides is 1. The topological polar surface area (TPSA) is 110 Å². The molecule has 0 aliphatic carbocycles. The monoisotopic (exact) mass is 491 g/mol. The maximum atomic E-state index is 14.3. The molecule has 0 fully saturated rings. The zero-order valence-electron chi connectivity index (χ0n) is 20.6. The molecular formula is C26H30FN7O2. The highest BCUT2D eigenvalue weighted by Crippen LogP contribution is 2.28. The van der Waals surface area contributed by atoms with Gasteiger partial charge in [-0.1, -0.05) is 0 Å². The predicted octanol–water partition coefficient (Wildman–Crippen LogP) is 3.22. The number of anilines is 2. The van der Waals surface area contributed by atoms with Crippen LogP contribution in [0, 0.1) is 12.7 Å². The molecule has 0 radical (unpaired) electrons. The van der Waals surface area contributed by atoms with Gasteiger partial charge in [0, 0.05) is 55.4 Å². The van der Waals surface area contributed by atoms with Crippen LogP contribution in [0.3, 0.4) is 0 Å². The van der Waals surface area contributed by atoms with Gasteiger partial charge in [0.1, 0.15) is 0 Å². The molecule has 188 valence electrons. The highest BCUT2D eigenvalue weighted by Gasteiger charge is 2.14. The zero-order chi connectivity index (χ0) is 25.7. The number of carbonyl (C=O) groups excluding carboxylic acids is 1. The molecule has 4 aromatic rings. The summed E-state index contributed by atoms with van der Waals surface area (Å²) in [4.78, 5) is 23.6. The lowest BCUT2D eigenvalue weighted by molar-refractivity contribution is 0.0949. The molecule has 4 rings (SSSR count). The number of halogens is 1. The van der Waals surface area contributed by atoms with Crippen molar-refractivity contribution in [1.82, 2.24) is 24.6 Å². The van der Waals surface area contributed by atoms with Crippen molar-refractivity contribution in [3.8, 4) is 17.0 Å². The normalized spacial score (nSPS) is 11.2. The lowest BCUT2D eigenvalue weighted by Gasteiger charge is -2.16. The summed E-state index contributed by atoms with van der Waals surface area (Å²) in [5.74, 6) is 0.157. The Morgan fingerprint density at radius 3 is 2.75 bits per heavy atom. The van der Waals surface area contributed by atoms with Gasteiger partial charge in [0.25, 0.3) is 5.91 Å². The summed E-state index contributed by atoms with van der Waals surface area (Å²) in [7, 11) is 3.40. The third-order valence-electron chi connectivity index (χ3n) is 5.90. The fourth-order valence-electron chi connectivity index (χ4n) is 3.97. The number of aromatic nitrogens is 3. The van der Waals surface area contributed by atoms with Gasteiger partial charge in [-0.05, 0) is 55.9 Å². The van der Waals surface area contributed by atoms with Gasteiger partial charge < -0.3 is 26.0 Å². The van der Waals surface area contributed by atoms with Gasteiger partial charge in [0.2, 0.25) is 0 Å². The van der Waals surface area contributed by atoms with Crippen LogP contribution in [0.1, 0.15) is 15.9 Å². The second-order valence-electron chi connectivity index (χ2n) is 8.46. The van der Waals surface area contributed by atoms with E-state index in [1.165, 1.54) is 13.2 Å². The van der Waals surface area contributed by atoms with E-state index in [9.17, 15) is 9.18 Å². The molecule has 36 heavy (non-hydrogen) atoms. The van der Waals surface area contributed by atoms with Crippen molar-refractivity contribution in [2.24, 2.45) is 5.73 Å². The lowest BCUT2D eigenvalue weighted by atomic mass is 10.1. The molecule has 0 saturated heterocycles. The van der Waals surface area contributed by atoms with Gasteiger partial charge in [-0.2, -0.15) is 0 Å². The molecule has 2 aromatic carbocycles. The van der Waals surface area contributed by atoms with Gasteiger partial charge in [-0.25, -0.2) is 14.4 Å². The lowest BCUT2D eigenvalue weighted by Crippen LogP contribution is -2.35. The van der Waals surface area contributed by atoms with Gasteiger partial charge >= 0.3 is 0 Å². The Hall–Kier alpha value is -4.02. The third-order valence-corrected chi connectivity index (χ3v) is 5.90. The second-order valence-corrected chi connectivity index (χ2v) is 8.46. The van der Waals surface area contributed by atoms with Crippen molar-refractivity contribution in [1.29, 1.82) is 0 Å². The Labute approximate surface area is 209 Å². The molecule has 0 saturated carbocycles. The average molecular weight is 492 g/mol. The van der Waals surface area contributed by atoms with Crippen molar-refractivity contribution < 1.29 is 13.9 Å². The zero-order valence-corrected chi connectivity index (χ0v) is 20.6. The molecule has 2 aromatic heterocycles. The molecule has 0 atom stereocenters. The molecule has 4 N–H and O–H groups in total. The van der Waals surface area contributed by atoms with Crippen molar-refractivity contribution in [3.63, 3.8) is 0 Å². The minimum atomic E-state index is -0.445. The van der Waals surface area contributed by atoms with E-state index >= 15 is 0 Å². The van der Waals surface area contributed by atoms with E-state index in [0.29, 0.717) is 35.7 Å². The number of imidazole rings is 1. The first kappa shape index (κ1) is 25.1. The number of ether oxygens (including phenoxy) is 1. The SMILES string of the molecule is COc1ccc(-c2cnc3c(Nc4ccc(C(=O)NCCN(C)CCN)c(C)c4)nccn23)cc1F. The molecule has 0 unspecified atom stereocenters. The molecule has 0 spiro atoms. The Bertz CT molecular complexity index is 1370. The summed E-state index contributed by atoms with van der Waals surface area (Å²) in [6.07, 6.45) is 5.10. The summed E-state index contributed by atoms with van der Waals surface area (Å²) in [5.41, 5.74) is 9.74. The van der Waals surface area contributed by atoms with E-state index in [1.54, 1.807) is 36.8 Å². The van der Waals surface area contributed by atoms with Crippen LogP contribution in [-0.2, 0) is 0 Å². The van der Waals surface area contributed by atoms with E-state index in [-0.39, 0.29) is 11.7 Å². The Balaban J connectivity index is 1.50. The summed E-state index contributed by atoms with van der Waals surface area (Å²) in [6.45, 7) is 4.53. The van der Waals surface area contributed by atoms with Crippen LogP contribution in [0.4, 0.5) is 15.9 Å². The first-order valence-corrected chi connectivity index (χ1v) is 11.6. The second kappa shape index (κ2) is 11.1. The average Bonchev–Trinajstić information content (AvgIpc) is 3.29. The Kier molecular flexibility index (Phi) is 7.77. The van der Waals surface area contributed by atoms with Crippen LogP contribution in [-0.4, -0.2) is 65.5 Å². The van der Waals surface area contributed by atoms with E-state index in [4.69, 9.17) is 10.5 Å². The van der Waals surface area contributed by atoms with Crippen molar-refractivity contribution in [2.75, 3.05) is 45.7 Å². The number of hydrogen-bond acceptors (Lipinski definition) is 7. The van der Waals surface area contributed by atoms with Crippen molar-refractivity contribution in [3.05, 3.63) is 71.9 Å². The van der Waals surface area contributed by atoms with E-state index in [2.05, 4.69) is 25.5 Å². The number of hydrogen-bond donors (Lipinski definition) is 3. The Morgan fingerprint density at radius 2 is 2.03 bits per heavy atom. The van der Waals surface area contributed by atoms with Crippen molar-refractivity contribution >= 4 is 23.1 Å². The molecule has 9 nitrogen and oxygen atoms in total. The van der Waals surface area contributed by atoms with Crippen LogP contribution in [0.15, 0.2) is 55.0 Å². The van der Waals surface area contributed by atoms with Gasteiger partial charge in [-0.3, -0.25) is 9.20 Å². The number of likely N-dealkylation sites (N-methyl/N-ethyl adjacent to an activating group) is 1. The number of fused-ring (bicyclic) bond motifs is 1. The summed E-state index contributed by atoms with van der Waals surface area (Å²) < 4.78 is 21.1. The quantitative estimate of drug-likeness (QED) is 0.312. The Morgan fingerprint density at radius 1 is 1.19 bits per heavy atom. The number of benzene rings is 2. The molecule has 1 amide bonds. The standard InChI is InChI=1S/C26H30FN7O2/c1-17-14-19(5-6-20(17)26(35)30-9-12-33(2)11-8-28)32-24-25-31-16-22(34(25)13-10-29-24)18-4-7-23(36-3)21(27)15-18/h4-7,10,13-16H,8-9,11-12,28H2,1-3H3,(H,29,32)(H,30,35). The van der Waals surface area contributed by atoms with E-state index in [0.717, 1.165) is 30.0 Å². The summed E-state index contributed by atoms with van der Waals surface area (Å²) in [5, 5.41) is 6.23. The highest BCUT2D eigenvalue weighted by molar-refractivity contribution is 5.96.